The first-order valence-corrected chi connectivity index (χ1v) is 4.86. The van der Waals surface area contributed by atoms with E-state index in [2.05, 4.69) is 25.8 Å². The second-order valence-electron chi connectivity index (χ2n) is 4.32. The summed E-state index contributed by atoms with van der Waals surface area (Å²) in [6, 6.07) is 0.775. The molecule has 1 aliphatic carbocycles. The van der Waals surface area contributed by atoms with Crippen molar-refractivity contribution in [2.24, 2.45) is 5.92 Å². The summed E-state index contributed by atoms with van der Waals surface area (Å²) >= 11 is 0. The average Bonchev–Trinajstić information content (AvgIpc) is 1.82. The Balaban J connectivity index is 2.14. The van der Waals surface area contributed by atoms with Gasteiger partial charge in [-0.25, -0.2) is 0 Å². The molecule has 0 aliphatic heterocycles. The Bertz CT molecular complexity index is 130. The molecule has 2 heteroatoms. The van der Waals surface area contributed by atoms with Crippen molar-refractivity contribution in [2.45, 2.75) is 38.8 Å². The van der Waals surface area contributed by atoms with Gasteiger partial charge in [0, 0.05) is 19.7 Å². The van der Waals surface area contributed by atoms with Gasteiger partial charge in [-0.1, -0.05) is 13.8 Å². The fourth-order valence-corrected chi connectivity index (χ4v) is 1.82. The van der Waals surface area contributed by atoms with Crippen LogP contribution < -0.4 is 0 Å². The van der Waals surface area contributed by atoms with E-state index in [0.29, 0.717) is 6.10 Å². The van der Waals surface area contributed by atoms with Crippen LogP contribution in [0, 0.1) is 5.92 Å². The van der Waals surface area contributed by atoms with Crippen molar-refractivity contribution < 1.29 is 4.74 Å². The lowest BCUT2D eigenvalue weighted by atomic mass is 9.88. The summed E-state index contributed by atoms with van der Waals surface area (Å²) in [4.78, 5) is 2.46. The minimum Gasteiger partial charge on any atom is -0.381 e. The summed E-state index contributed by atoms with van der Waals surface area (Å²) in [6.07, 6.45) is 2.98. The zero-order valence-electron chi connectivity index (χ0n) is 8.71. The Morgan fingerprint density at radius 2 is 2.00 bits per heavy atom. The molecular weight excluding hydrogens is 150 g/mol. The molecule has 1 saturated carbocycles. The molecule has 72 valence electrons. The lowest BCUT2D eigenvalue weighted by molar-refractivity contribution is -0.0219. The van der Waals surface area contributed by atoms with Crippen LogP contribution in [0.1, 0.15) is 26.7 Å². The lowest BCUT2D eigenvalue weighted by Crippen LogP contribution is -2.47. The highest BCUT2D eigenvalue weighted by atomic mass is 16.5. The lowest BCUT2D eigenvalue weighted by Gasteiger charge is -2.41. The predicted molar refractivity (Wildman–Crippen MR) is 51.3 cm³/mol. The Kier molecular flexibility index (Phi) is 3.53. The van der Waals surface area contributed by atoms with Crippen LogP contribution in [-0.2, 0) is 4.74 Å². The number of hydrogen-bond donors (Lipinski definition) is 0. The van der Waals surface area contributed by atoms with Crippen LogP contribution in [0.5, 0.6) is 0 Å². The van der Waals surface area contributed by atoms with Gasteiger partial charge in [0.15, 0.2) is 0 Å². The number of nitrogens with zero attached hydrogens (tertiary/aromatic N) is 1. The Hall–Kier alpha value is -0.0800. The molecule has 2 nitrogen and oxygen atoms in total. The molecule has 1 fully saturated rings. The smallest absolute Gasteiger partial charge is 0.0601 e. The number of rotatable bonds is 4. The molecule has 0 N–H and O–H groups in total. The van der Waals surface area contributed by atoms with Crippen LogP contribution >= 0.6 is 0 Å². The van der Waals surface area contributed by atoms with Crippen molar-refractivity contribution in [2.75, 3.05) is 20.7 Å². The summed E-state index contributed by atoms with van der Waals surface area (Å²) in [5.41, 5.74) is 0. The van der Waals surface area contributed by atoms with Crippen LogP contribution in [0.2, 0.25) is 0 Å². The van der Waals surface area contributed by atoms with Gasteiger partial charge in [-0.3, -0.25) is 0 Å². The van der Waals surface area contributed by atoms with Gasteiger partial charge in [-0.2, -0.15) is 0 Å². The summed E-state index contributed by atoms with van der Waals surface area (Å²) in [5.74, 6) is 0.775. The molecule has 0 aromatic carbocycles. The molecule has 12 heavy (non-hydrogen) atoms. The third kappa shape index (κ3) is 2.46. The van der Waals surface area contributed by atoms with E-state index in [1.807, 2.05) is 7.11 Å². The first-order chi connectivity index (χ1) is 5.63. The highest BCUT2D eigenvalue weighted by Crippen LogP contribution is 2.27. The van der Waals surface area contributed by atoms with Crippen molar-refractivity contribution >= 4 is 0 Å². The maximum Gasteiger partial charge on any atom is 0.0601 e. The van der Waals surface area contributed by atoms with Crippen molar-refractivity contribution in [1.29, 1.82) is 0 Å². The highest BCUT2D eigenvalue weighted by molar-refractivity contribution is 4.86. The summed E-state index contributed by atoms with van der Waals surface area (Å²) in [6.45, 7) is 5.74. The molecule has 0 amide bonds. The van der Waals surface area contributed by atoms with Crippen LogP contribution in [0.4, 0.5) is 0 Å². The Labute approximate surface area is 75.9 Å². The van der Waals surface area contributed by atoms with E-state index >= 15 is 0 Å². The summed E-state index contributed by atoms with van der Waals surface area (Å²) in [7, 11) is 4.03. The largest absolute Gasteiger partial charge is 0.381 e. The van der Waals surface area contributed by atoms with Gasteiger partial charge >= 0.3 is 0 Å². The third-order valence-electron chi connectivity index (χ3n) is 2.68. The predicted octanol–water partition coefficient (Wildman–Crippen LogP) is 1.75. The van der Waals surface area contributed by atoms with E-state index in [4.69, 9.17) is 4.74 Å². The first kappa shape index (κ1) is 10.0. The zero-order chi connectivity index (χ0) is 9.14. The van der Waals surface area contributed by atoms with Crippen LogP contribution in [-0.4, -0.2) is 37.7 Å². The van der Waals surface area contributed by atoms with Crippen molar-refractivity contribution in [3.63, 3.8) is 0 Å². The van der Waals surface area contributed by atoms with Gasteiger partial charge in [0.05, 0.1) is 6.10 Å². The van der Waals surface area contributed by atoms with Crippen molar-refractivity contribution in [1.82, 2.24) is 4.90 Å². The third-order valence-corrected chi connectivity index (χ3v) is 2.68. The minimum atomic E-state index is 0.532. The molecule has 0 unspecified atom stereocenters. The fourth-order valence-electron chi connectivity index (χ4n) is 1.82. The van der Waals surface area contributed by atoms with Crippen molar-refractivity contribution in [3.05, 3.63) is 0 Å². The molecule has 0 heterocycles. The maximum atomic E-state index is 5.24. The topological polar surface area (TPSA) is 12.5 Å². The van der Waals surface area contributed by atoms with E-state index in [1.54, 1.807) is 0 Å². The number of hydrogen-bond acceptors (Lipinski definition) is 2. The van der Waals surface area contributed by atoms with E-state index in [0.717, 1.165) is 12.0 Å². The van der Waals surface area contributed by atoms with E-state index in [-0.39, 0.29) is 0 Å². The molecule has 0 aromatic rings. The Morgan fingerprint density at radius 1 is 1.42 bits per heavy atom. The van der Waals surface area contributed by atoms with Gasteiger partial charge < -0.3 is 9.64 Å². The molecule has 0 bridgehead atoms. The average molecular weight is 171 g/mol. The second-order valence-corrected chi connectivity index (χ2v) is 4.32. The second kappa shape index (κ2) is 4.24. The quantitative estimate of drug-likeness (QED) is 0.639. The van der Waals surface area contributed by atoms with Crippen LogP contribution in [0.25, 0.3) is 0 Å². The van der Waals surface area contributed by atoms with E-state index in [1.165, 1.54) is 19.4 Å². The molecule has 0 saturated heterocycles. The van der Waals surface area contributed by atoms with E-state index in [9.17, 15) is 0 Å². The molecule has 0 radical (unpaired) electrons. The molecular formula is C10H21NO. The fraction of sp³-hybridized carbons (Fsp3) is 1.00. The standard InChI is InChI=1S/C10H21NO/c1-8(2)7-11(3)9-5-10(6-9)12-4/h8-10H,5-7H2,1-4H3/t9-,10+. The van der Waals surface area contributed by atoms with Gasteiger partial charge in [-0.15, -0.1) is 0 Å². The maximum absolute atomic E-state index is 5.24. The van der Waals surface area contributed by atoms with Gasteiger partial charge in [-0.05, 0) is 25.8 Å². The first-order valence-electron chi connectivity index (χ1n) is 4.86. The zero-order valence-corrected chi connectivity index (χ0v) is 8.71. The normalized spacial score (nSPS) is 29.5. The highest BCUT2D eigenvalue weighted by Gasteiger charge is 2.31. The SMILES string of the molecule is CO[C@H]1C[C@@H](N(C)CC(C)C)C1. The number of ether oxygens (including phenoxy) is 1. The monoisotopic (exact) mass is 171 g/mol. The van der Waals surface area contributed by atoms with Gasteiger partial charge in [0.2, 0.25) is 0 Å². The summed E-state index contributed by atoms with van der Waals surface area (Å²) in [5, 5.41) is 0. The number of methoxy groups -OCH3 is 1. The minimum absolute atomic E-state index is 0.532. The van der Waals surface area contributed by atoms with Gasteiger partial charge in [0.1, 0.15) is 0 Å². The summed E-state index contributed by atoms with van der Waals surface area (Å²) < 4.78 is 5.24. The van der Waals surface area contributed by atoms with Crippen molar-refractivity contribution in [3.8, 4) is 0 Å². The molecule has 1 aliphatic rings. The van der Waals surface area contributed by atoms with Crippen LogP contribution in [0.15, 0.2) is 0 Å². The molecule has 1 rings (SSSR count). The molecule has 0 spiro atoms. The molecule has 0 atom stereocenters. The molecule has 0 aromatic heterocycles. The van der Waals surface area contributed by atoms with Crippen LogP contribution in [0.3, 0.4) is 0 Å². The van der Waals surface area contributed by atoms with Gasteiger partial charge in [0.25, 0.3) is 0 Å². The van der Waals surface area contributed by atoms with E-state index < -0.39 is 0 Å². The Morgan fingerprint density at radius 3 is 2.42 bits per heavy atom.